The van der Waals surface area contributed by atoms with E-state index in [1.807, 2.05) is 26.0 Å². The van der Waals surface area contributed by atoms with Gasteiger partial charge in [-0.2, -0.15) is 0 Å². The second-order valence-corrected chi connectivity index (χ2v) is 3.80. The fraction of sp³-hybridized carbons (Fsp3) is 0.300. The molecular weight excluding hydrogens is 182 g/mol. The van der Waals surface area contributed by atoms with Gasteiger partial charge >= 0.3 is 0 Å². The Morgan fingerprint density at radius 1 is 1.46 bits per heavy atom. The molecular formula is C10H13NOS. The van der Waals surface area contributed by atoms with Crippen molar-refractivity contribution >= 4 is 23.5 Å². The Morgan fingerprint density at radius 3 is 2.62 bits per heavy atom. The van der Waals surface area contributed by atoms with Crippen LogP contribution in [0.2, 0.25) is 0 Å². The smallest absolute Gasteiger partial charge is 0.188 e. The van der Waals surface area contributed by atoms with Crippen LogP contribution in [-0.4, -0.2) is 0 Å². The number of rotatable bonds is 1. The maximum absolute atomic E-state index is 11.5. The third kappa shape index (κ3) is 2.05. The Morgan fingerprint density at radius 2 is 2.15 bits per heavy atom. The fourth-order valence-corrected chi connectivity index (χ4v) is 2.15. The summed E-state index contributed by atoms with van der Waals surface area (Å²) < 4.78 is 1.01. The van der Waals surface area contributed by atoms with Crippen LogP contribution in [0.3, 0.4) is 0 Å². The first kappa shape index (κ1) is 10.2. The van der Waals surface area contributed by atoms with E-state index in [9.17, 15) is 4.79 Å². The molecule has 1 rings (SSSR count). The summed E-state index contributed by atoms with van der Waals surface area (Å²) in [5.41, 5.74) is 5.55. The molecule has 0 spiro atoms. The summed E-state index contributed by atoms with van der Waals surface area (Å²) in [6.45, 7) is 4.24. The van der Waals surface area contributed by atoms with Crippen LogP contribution >= 0.6 is 11.3 Å². The quantitative estimate of drug-likeness (QED) is 0.694. The lowest BCUT2D eigenvalue weighted by atomic mass is 10.3. The van der Waals surface area contributed by atoms with Crippen molar-refractivity contribution in [3.63, 3.8) is 0 Å². The molecule has 0 aliphatic carbocycles. The number of nitrogens with two attached hydrogens (primary N) is 1. The Bertz CT molecular complexity index is 459. The van der Waals surface area contributed by atoms with Gasteiger partial charge in [-0.15, -0.1) is 11.3 Å². The molecule has 3 heteroatoms. The molecule has 0 atom stereocenters. The summed E-state index contributed by atoms with van der Waals surface area (Å²) in [6, 6.07) is 1.62. The van der Waals surface area contributed by atoms with E-state index in [0.717, 1.165) is 14.6 Å². The average molecular weight is 195 g/mol. The number of hydrogen-bond acceptors (Lipinski definition) is 3. The molecule has 0 aromatic carbocycles. The molecule has 70 valence electrons. The maximum atomic E-state index is 11.5. The van der Waals surface area contributed by atoms with E-state index >= 15 is 0 Å². The van der Waals surface area contributed by atoms with Crippen LogP contribution < -0.4 is 20.9 Å². The van der Waals surface area contributed by atoms with E-state index in [1.54, 1.807) is 17.4 Å². The van der Waals surface area contributed by atoms with Gasteiger partial charge in [0.1, 0.15) is 0 Å². The lowest BCUT2D eigenvalue weighted by molar-refractivity contribution is 1.10. The lowest BCUT2D eigenvalue weighted by Crippen LogP contribution is -2.36. The largest absolute Gasteiger partial charge is 0.326 e. The van der Waals surface area contributed by atoms with Crippen LogP contribution in [0, 0.1) is 0 Å². The summed E-state index contributed by atoms with van der Waals surface area (Å²) in [5, 5.41) is 0.782. The highest BCUT2D eigenvalue weighted by Crippen LogP contribution is 1.94. The minimum Gasteiger partial charge on any atom is -0.326 e. The zero-order valence-electron chi connectivity index (χ0n) is 7.83. The highest BCUT2D eigenvalue weighted by molar-refractivity contribution is 7.09. The van der Waals surface area contributed by atoms with Crippen LogP contribution in [0.5, 0.6) is 0 Å². The summed E-state index contributed by atoms with van der Waals surface area (Å²) in [5.74, 6) is 0. The van der Waals surface area contributed by atoms with E-state index in [2.05, 4.69) is 0 Å². The molecule has 2 nitrogen and oxygen atoms in total. The van der Waals surface area contributed by atoms with Crippen molar-refractivity contribution in [2.45, 2.75) is 20.4 Å². The molecule has 1 aromatic rings. The third-order valence-electron chi connectivity index (χ3n) is 1.82. The molecule has 0 aliphatic heterocycles. The van der Waals surface area contributed by atoms with Gasteiger partial charge in [-0.1, -0.05) is 12.2 Å². The SMILES string of the molecule is C/C=c1/c(=O)cc(CN)s/c1=C/C. The van der Waals surface area contributed by atoms with E-state index < -0.39 is 0 Å². The van der Waals surface area contributed by atoms with Gasteiger partial charge in [0.15, 0.2) is 5.43 Å². The Hall–Kier alpha value is -0.930. The van der Waals surface area contributed by atoms with Crippen molar-refractivity contribution in [2.24, 2.45) is 5.73 Å². The van der Waals surface area contributed by atoms with Crippen molar-refractivity contribution < 1.29 is 0 Å². The molecule has 1 heterocycles. The van der Waals surface area contributed by atoms with E-state index in [0.29, 0.717) is 6.54 Å². The van der Waals surface area contributed by atoms with Gasteiger partial charge in [0.05, 0.1) is 0 Å². The molecule has 13 heavy (non-hydrogen) atoms. The molecule has 0 saturated heterocycles. The van der Waals surface area contributed by atoms with E-state index in [-0.39, 0.29) is 5.43 Å². The van der Waals surface area contributed by atoms with E-state index in [4.69, 9.17) is 5.73 Å². The number of hydrogen-bond donors (Lipinski definition) is 1. The average Bonchev–Trinajstić information content (AvgIpc) is 2.16. The first-order valence-corrected chi connectivity index (χ1v) is 5.00. The third-order valence-corrected chi connectivity index (χ3v) is 3.04. The molecule has 0 saturated carbocycles. The Balaban J connectivity index is 3.69. The van der Waals surface area contributed by atoms with Gasteiger partial charge in [0.2, 0.25) is 0 Å². The van der Waals surface area contributed by atoms with Gasteiger partial charge in [0, 0.05) is 27.2 Å². The van der Waals surface area contributed by atoms with Crippen molar-refractivity contribution in [2.75, 3.05) is 0 Å². The van der Waals surface area contributed by atoms with Gasteiger partial charge in [-0.25, -0.2) is 0 Å². The second kappa shape index (κ2) is 4.35. The van der Waals surface area contributed by atoms with Crippen molar-refractivity contribution in [3.05, 3.63) is 30.9 Å². The van der Waals surface area contributed by atoms with Gasteiger partial charge in [0.25, 0.3) is 0 Å². The summed E-state index contributed by atoms with van der Waals surface area (Å²) in [7, 11) is 0. The zero-order valence-corrected chi connectivity index (χ0v) is 8.65. The monoisotopic (exact) mass is 195 g/mol. The van der Waals surface area contributed by atoms with Crippen LogP contribution in [0.15, 0.2) is 10.9 Å². The van der Waals surface area contributed by atoms with Crippen LogP contribution in [0.25, 0.3) is 12.2 Å². The van der Waals surface area contributed by atoms with Gasteiger partial charge in [-0.3, -0.25) is 4.79 Å². The van der Waals surface area contributed by atoms with Crippen molar-refractivity contribution in [1.82, 2.24) is 0 Å². The van der Waals surface area contributed by atoms with Crippen molar-refractivity contribution in [1.29, 1.82) is 0 Å². The maximum Gasteiger partial charge on any atom is 0.188 e. The van der Waals surface area contributed by atoms with Crippen LogP contribution in [-0.2, 0) is 6.54 Å². The fourth-order valence-electron chi connectivity index (χ4n) is 1.17. The standard InChI is InChI=1S/C10H13NOS/c1-3-8-9(12)5-7(6-11)13-10(8)4-2/h3-5H,6,11H2,1-2H3/b8-3-,10-4+. The molecule has 1 aromatic heterocycles. The summed E-state index contributed by atoms with van der Waals surface area (Å²) in [4.78, 5) is 12.4. The second-order valence-electron chi connectivity index (χ2n) is 2.64. The van der Waals surface area contributed by atoms with Crippen molar-refractivity contribution in [3.8, 4) is 0 Å². The first-order valence-electron chi connectivity index (χ1n) is 4.18. The molecule has 0 aliphatic rings. The van der Waals surface area contributed by atoms with Gasteiger partial charge < -0.3 is 5.73 Å². The van der Waals surface area contributed by atoms with Gasteiger partial charge in [-0.05, 0) is 13.8 Å². The van der Waals surface area contributed by atoms with Crippen LogP contribution in [0.1, 0.15) is 18.7 Å². The highest BCUT2D eigenvalue weighted by Gasteiger charge is 1.95. The molecule has 0 fully saturated rings. The molecule has 0 bridgehead atoms. The minimum absolute atomic E-state index is 0.0646. The topological polar surface area (TPSA) is 43.1 Å². The first-order chi connectivity index (χ1) is 6.22. The molecule has 0 radical (unpaired) electrons. The normalized spacial score (nSPS) is 13.8. The minimum atomic E-state index is 0.0646. The summed E-state index contributed by atoms with van der Waals surface area (Å²) in [6.07, 6.45) is 3.79. The summed E-state index contributed by atoms with van der Waals surface area (Å²) >= 11 is 1.58. The predicted octanol–water partition coefficient (Wildman–Crippen LogP) is 0.168. The zero-order chi connectivity index (χ0) is 9.84. The lowest BCUT2D eigenvalue weighted by Gasteiger charge is -1.94. The highest BCUT2D eigenvalue weighted by atomic mass is 32.1. The predicted molar refractivity (Wildman–Crippen MR) is 58.0 cm³/mol. The van der Waals surface area contributed by atoms with Crippen LogP contribution in [0.4, 0.5) is 0 Å². The van der Waals surface area contributed by atoms with E-state index in [1.165, 1.54) is 0 Å². The Kier molecular flexibility index (Phi) is 3.39. The Labute approximate surface area is 81.0 Å². The molecule has 0 unspecified atom stereocenters. The molecule has 2 N–H and O–H groups in total. The molecule has 0 amide bonds.